The van der Waals surface area contributed by atoms with Crippen molar-refractivity contribution in [2.24, 2.45) is 0 Å². The third-order valence-corrected chi connectivity index (χ3v) is 7.67. The summed E-state index contributed by atoms with van der Waals surface area (Å²) in [5.41, 5.74) is 1.12. The summed E-state index contributed by atoms with van der Waals surface area (Å²) in [6, 6.07) is 11.6. The van der Waals surface area contributed by atoms with Crippen LogP contribution >= 0.6 is 11.6 Å². The Labute approximate surface area is 196 Å². The van der Waals surface area contributed by atoms with Gasteiger partial charge in [0.15, 0.2) is 5.82 Å². The quantitative estimate of drug-likeness (QED) is 0.556. The van der Waals surface area contributed by atoms with Crippen molar-refractivity contribution in [3.8, 4) is 17.2 Å². The standard InChI is InChI=1S/C22H23ClN4O5S/c1-14(28)24-20-7-6-18(13-19(20)23)33(29,30)27-10-8-15(9-11-27)21-25-22(32-26-21)16-4-3-5-17(12-16)31-2/h3-7,12-13,15H,8-11H2,1-2H3,(H,24,28). The van der Waals surface area contributed by atoms with Crippen LogP contribution in [-0.2, 0) is 14.8 Å². The Morgan fingerprint density at radius 3 is 2.64 bits per heavy atom. The predicted octanol–water partition coefficient (Wildman–Crippen LogP) is 3.93. The zero-order valence-corrected chi connectivity index (χ0v) is 19.7. The number of sulfonamides is 1. The lowest BCUT2D eigenvalue weighted by molar-refractivity contribution is -0.114. The summed E-state index contributed by atoms with van der Waals surface area (Å²) < 4.78 is 38.3. The molecule has 3 aromatic rings. The van der Waals surface area contributed by atoms with Crippen LogP contribution < -0.4 is 10.1 Å². The summed E-state index contributed by atoms with van der Waals surface area (Å²) in [7, 11) is -2.13. The molecular weight excluding hydrogens is 468 g/mol. The fraction of sp³-hybridized carbons (Fsp3) is 0.318. The molecule has 1 fully saturated rings. The molecule has 1 aliphatic rings. The van der Waals surface area contributed by atoms with Crippen LogP contribution in [0.2, 0.25) is 5.02 Å². The van der Waals surface area contributed by atoms with E-state index in [1.165, 1.54) is 29.4 Å². The first-order chi connectivity index (χ1) is 15.8. The molecule has 0 aliphatic carbocycles. The lowest BCUT2D eigenvalue weighted by Crippen LogP contribution is -2.38. The topological polar surface area (TPSA) is 115 Å². The van der Waals surface area contributed by atoms with E-state index in [1.54, 1.807) is 7.11 Å². The minimum Gasteiger partial charge on any atom is -0.497 e. The lowest BCUT2D eigenvalue weighted by Gasteiger charge is -2.29. The van der Waals surface area contributed by atoms with Crippen LogP contribution in [-0.4, -0.2) is 49.0 Å². The lowest BCUT2D eigenvalue weighted by atomic mass is 9.97. The predicted molar refractivity (Wildman–Crippen MR) is 123 cm³/mol. The number of hydrogen-bond donors (Lipinski definition) is 1. The first-order valence-corrected chi connectivity index (χ1v) is 12.1. The molecule has 1 saturated heterocycles. The van der Waals surface area contributed by atoms with Crippen LogP contribution in [0.15, 0.2) is 51.9 Å². The SMILES string of the molecule is COc1cccc(-c2nc(C3CCN(S(=O)(=O)c4ccc(NC(C)=O)c(Cl)c4)CC3)no2)c1. The number of nitrogens with zero attached hydrogens (tertiary/aromatic N) is 3. The van der Waals surface area contributed by atoms with Crippen LogP contribution in [0.3, 0.4) is 0 Å². The molecule has 1 N–H and O–H groups in total. The summed E-state index contributed by atoms with van der Waals surface area (Å²) >= 11 is 6.16. The van der Waals surface area contributed by atoms with Gasteiger partial charge >= 0.3 is 0 Å². The third-order valence-electron chi connectivity index (χ3n) is 5.47. The molecule has 0 saturated carbocycles. The summed E-state index contributed by atoms with van der Waals surface area (Å²) in [5, 5.41) is 6.85. The average Bonchev–Trinajstić information content (AvgIpc) is 3.30. The summed E-state index contributed by atoms with van der Waals surface area (Å²) in [6.45, 7) is 2.00. The fourth-order valence-electron chi connectivity index (χ4n) is 3.72. The van der Waals surface area contributed by atoms with E-state index in [9.17, 15) is 13.2 Å². The van der Waals surface area contributed by atoms with Gasteiger partial charge in [-0.1, -0.05) is 22.8 Å². The van der Waals surface area contributed by atoms with Crippen LogP contribution in [0.4, 0.5) is 5.69 Å². The highest BCUT2D eigenvalue weighted by Gasteiger charge is 2.32. The number of anilines is 1. The first-order valence-electron chi connectivity index (χ1n) is 10.3. The van der Waals surface area contributed by atoms with Crippen LogP contribution in [0, 0.1) is 0 Å². The molecule has 33 heavy (non-hydrogen) atoms. The van der Waals surface area contributed by atoms with Gasteiger partial charge in [-0.3, -0.25) is 4.79 Å². The Hall–Kier alpha value is -2.95. The number of halogens is 1. The summed E-state index contributed by atoms with van der Waals surface area (Å²) in [5.74, 6) is 1.35. The van der Waals surface area contributed by atoms with Gasteiger partial charge in [-0.25, -0.2) is 8.42 Å². The monoisotopic (exact) mass is 490 g/mol. The van der Waals surface area contributed by atoms with Gasteiger partial charge in [0.1, 0.15) is 5.75 Å². The minimum atomic E-state index is -3.72. The Morgan fingerprint density at radius 2 is 1.97 bits per heavy atom. The van der Waals surface area contributed by atoms with Crippen molar-refractivity contribution in [3.05, 3.63) is 53.3 Å². The van der Waals surface area contributed by atoms with Crippen LogP contribution in [0.25, 0.3) is 11.5 Å². The number of benzene rings is 2. The van der Waals surface area contributed by atoms with Crippen molar-refractivity contribution in [1.82, 2.24) is 14.4 Å². The van der Waals surface area contributed by atoms with E-state index in [-0.39, 0.29) is 21.7 Å². The molecule has 0 radical (unpaired) electrons. The number of rotatable bonds is 6. The number of carbonyl (C=O) groups is 1. The van der Waals surface area contributed by atoms with Crippen molar-refractivity contribution in [1.29, 1.82) is 0 Å². The second-order valence-corrected chi connectivity index (χ2v) is 10.0. The second kappa shape index (κ2) is 9.50. The number of amides is 1. The zero-order chi connectivity index (χ0) is 23.6. The van der Waals surface area contributed by atoms with Crippen molar-refractivity contribution < 1.29 is 22.5 Å². The van der Waals surface area contributed by atoms with Crippen molar-refractivity contribution in [2.75, 3.05) is 25.5 Å². The normalized spacial score (nSPS) is 15.4. The molecule has 4 rings (SSSR count). The Morgan fingerprint density at radius 1 is 1.21 bits per heavy atom. The highest BCUT2D eigenvalue weighted by molar-refractivity contribution is 7.89. The van der Waals surface area contributed by atoms with E-state index in [1.807, 2.05) is 24.3 Å². The number of carbonyl (C=O) groups excluding carboxylic acids is 1. The van der Waals surface area contributed by atoms with E-state index in [2.05, 4.69) is 15.5 Å². The number of hydrogen-bond acceptors (Lipinski definition) is 7. The minimum absolute atomic E-state index is 0.00899. The molecule has 1 amide bonds. The smallest absolute Gasteiger partial charge is 0.258 e. The highest BCUT2D eigenvalue weighted by atomic mass is 35.5. The Kier molecular flexibility index (Phi) is 6.68. The number of piperidine rings is 1. The molecule has 1 aromatic heterocycles. The van der Waals surface area contributed by atoms with Gasteiger partial charge in [-0.2, -0.15) is 9.29 Å². The van der Waals surface area contributed by atoms with Crippen LogP contribution in [0.1, 0.15) is 31.5 Å². The molecule has 9 nitrogen and oxygen atoms in total. The average molecular weight is 491 g/mol. The van der Waals surface area contributed by atoms with Crippen LogP contribution in [0.5, 0.6) is 5.75 Å². The van der Waals surface area contributed by atoms with E-state index in [4.69, 9.17) is 20.9 Å². The molecule has 0 atom stereocenters. The van der Waals surface area contributed by atoms with Gasteiger partial charge in [0.2, 0.25) is 15.9 Å². The number of methoxy groups -OCH3 is 1. The van der Waals surface area contributed by atoms with Gasteiger partial charge in [0.05, 0.1) is 22.7 Å². The molecule has 174 valence electrons. The van der Waals surface area contributed by atoms with Crippen molar-refractivity contribution >= 4 is 33.2 Å². The Bertz CT molecular complexity index is 1270. The van der Waals surface area contributed by atoms with Gasteiger partial charge in [0, 0.05) is 31.5 Å². The molecule has 11 heteroatoms. The number of nitrogens with one attached hydrogen (secondary N) is 1. The van der Waals surface area contributed by atoms with Gasteiger partial charge in [-0.05, 0) is 49.2 Å². The molecule has 0 spiro atoms. The summed E-state index contributed by atoms with van der Waals surface area (Å²) in [6.07, 6.45) is 1.13. The van der Waals surface area contributed by atoms with Crippen molar-refractivity contribution in [3.63, 3.8) is 0 Å². The maximum Gasteiger partial charge on any atom is 0.258 e. The third kappa shape index (κ3) is 5.02. The fourth-order valence-corrected chi connectivity index (χ4v) is 5.51. The molecule has 1 aliphatic heterocycles. The summed E-state index contributed by atoms with van der Waals surface area (Å²) in [4.78, 5) is 15.8. The van der Waals surface area contributed by atoms with E-state index in [0.29, 0.717) is 49.1 Å². The maximum absolute atomic E-state index is 13.1. The zero-order valence-electron chi connectivity index (χ0n) is 18.1. The largest absolute Gasteiger partial charge is 0.497 e. The molecule has 2 aromatic carbocycles. The molecule has 2 heterocycles. The molecule has 0 bridgehead atoms. The second-order valence-electron chi connectivity index (χ2n) is 7.69. The highest BCUT2D eigenvalue weighted by Crippen LogP contribution is 2.32. The van der Waals surface area contributed by atoms with E-state index in [0.717, 1.165) is 5.56 Å². The number of ether oxygens (including phenoxy) is 1. The van der Waals surface area contributed by atoms with E-state index >= 15 is 0 Å². The van der Waals surface area contributed by atoms with Gasteiger partial charge < -0.3 is 14.6 Å². The first kappa shape index (κ1) is 23.2. The van der Waals surface area contributed by atoms with Gasteiger partial charge in [-0.15, -0.1) is 0 Å². The molecule has 0 unspecified atom stereocenters. The van der Waals surface area contributed by atoms with E-state index < -0.39 is 10.0 Å². The maximum atomic E-state index is 13.1. The van der Waals surface area contributed by atoms with Crippen molar-refractivity contribution in [2.45, 2.75) is 30.6 Å². The molecular formula is C22H23ClN4O5S. The Balaban J connectivity index is 1.44. The van der Waals surface area contributed by atoms with Gasteiger partial charge in [0.25, 0.3) is 5.89 Å². The number of aromatic nitrogens is 2.